The Morgan fingerprint density at radius 2 is 1.09 bits per heavy atom. The normalized spacial score (nSPS) is 15.9. The van der Waals surface area contributed by atoms with Gasteiger partial charge >= 0.3 is 0 Å². The highest BCUT2D eigenvalue weighted by atomic mass is 16.5. The van der Waals surface area contributed by atoms with Gasteiger partial charge in [0.1, 0.15) is 0 Å². The largest absolute Gasteiger partial charge is 0.493 e. The maximum absolute atomic E-state index is 13.6. The van der Waals surface area contributed by atoms with E-state index >= 15 is 0 Å². The van der Waals surface area contributed by atoms with Crippen molar-refractivity contribution in [3.8, 4) is 23.0 Å². The summed E-state index contributed by atoms with van der Waals surface area (Å²) < 4.78 is 21.6. The number of carbonyl (C=O) groups is 1. The summed E-state index contributed by atoms with van der Waals surface area (Å²) in [6, 6.07) is 21.4. The van der Waals surface area contributed by atoms with Crippen molar-refractivity contribution >= 4 is 23.6 Å². The molecule has 0 bridgehead atoms. The highest BCUT2D eigenvalue weighted by Crippen LogP contribution is 2.32. The van der Waals surface area contributed by atoms with E-state index < -0.39 is 0 Å². The number of anilines is 1. The van der Waals surface area contributed by atoms with Crippen molar-refractivity contribution in [1.29, 1.82) is 0 Å². The van der Waals surface area contributed by atoms with E-state index in [1.807, 2.05) is 66.7 Å². The number of hydrogen-bond donors (Lipinski definition) is 0. The molecular formula is C29H29NO5. The van der Waals surface area contributed by atoms with Crippen molar-refractivity contribution in [2.45, 2.75) is 0 Å². The van der Waals surface area contributed by atoms with Crippen LogP contribution in [0.25, 0.3) is 12.2 Å². The Morgan fingerprint density at radius 3 is 1.51 bits per heavy atom. The maximum Gasteiger partial charge on any atom is 0.188 e. The lowest BCUT2D eigenvalue weighted by Gasteiger charge is -2.31. The Balaban J connectivity index is 1.75. The first-order valence-electron chi connectivity index (χ1n) is 11.3. The Hall–Kier alpha value is -4.19. The molecule has 1 heterocycles. The second-order valence-corrected chi connectivity index (χ2v) is 8.09. The highest BCUT2D eigenvalue weighted by molar-refractivity contribution is 6.15. The fraction of sp³-hybridized carbons (Fsp3) is 0.207. The minimum atomic E-state index is 0.0155. The molecule has 0 aliphatic carbocycles. The molecule has 0 unspecified atom stereocenters. The lowest BCUT2D eigenvalue weighted by Crippen LogP contribution is -2.37. The molecule has 0 atom stereocenters. The number of para-hydroxylation sites is 1. The second-order valence-electron chi connectivity index (χ2n) is 8.09. The van der Waals surface area contributed by atoms with Gasteiger partial charge in [0, 0.05) is 29.9 Å². The average molecular weight is 472 g/mol. The molecule has 1 aliphatic heterocycles. The van der Waals surface area contributed by atoms with Crippen LogP contribution in [-0.2, 0) is 4.79 Å². The smallest absolute Gasteiger partial charge is 0.188 e. The third-order valence-electron chi connectivity index (χ3n) is 5.92. The molecule has 0 N–H and O–H groups in total. The van der Waals surface area contributed by atoms with Crippen molar-refractivity contribution < 1.29 is 23.7 Å². The van der Waals surface area contributed by atoms with Crippen LogP contribution in [0, 0.1) is 0 Å². The van der Waals surface area contributed by atoms with Crippen LogP contribution in [-0.4, -0.2) is 47.3 Å². The molecule has 0 saturated carbocycles. The molecule has 0 radical (unpaired) electrons. The van der Waals surface area contributed by atoms with Gasteiger partial charge in [0.15, 0.2) is 28.8 Å². The number of nitrogens with zero attached hydrogens (tertiary/aromatic N) is 1. The van der Waals surface area contributed by atoms with Gasteiger partial charge in [0.25, 0.3) is 0 Å². The molecule has 1 aliphatic rings. The topological polar surface area (TPSA) is 57.2 Å². The molecule has 1 fully saturated rings. The SMILES string of the molecule is COc1ccc(/C=C2/CN(c3ccccc3)C/C(=C\c3ccc(OC)c(OC)c3)C2=O)cc1OC. The quantitative estimate of drug-likeness (QED) is 0.437. The zero-order valence-corrected chi connectivity index (χ0v) is 20.4. The van der Waals surface area contributed by atoms with E-state index in [4.69, 9.17) is 18.9 Å². The maximum atomic E-state index is 13.6. The van der Waals surface area contributed by atoms with E-state index in [0.717, 1.165) is 16.8 Å². The summed E-state index contributed by atoms with van der Waals surface area (Å²) >= 11 is 0. The predicted octanol–water partition coefficient (Wildman–Crippen LogP) is 5.28. The number of ketones is 1. The molecule has 3 aromatic carbocycles. The van der Waals surface area contributed by atoms with E-state index in [-0.39, 0.29) is 5.78 Å². The monoisotopic (exact) mass is 471 g/mol. The third kappa shape index (κ3) is 5.32. The fourth-order valence-electron chi connectivity index (χ4n) is 4.15. The number of methoxy groups -OCH3 is 4. The van der Waals surface area contributed by atoms with E-state index in [9.17, 15) is 4.79 Å². The number of carbonyl (C=O) groups excluding carboxylic acids is 1. The zero-order valence-electron chi connectivity index (χ0n) is 20.4. The first kappa shape index (κ1) is 24.0. The van der Waals surface area contributed by atoms with Gasteiger partial charge in [-0.1, -0.05) is 30.3 Å². The molecule has 3 aromatic rings. The molecule has 0 spiro atoms. The lowest BCUT2D eigenvalue weighted by atomic mass is 9.93. The Bertz CT molecular complexity index is 1190. The van der Waals surface area contributed by atoms with Crippen molar-refractivity contribution in [2.75, 3.05) is 46.4 Å². The molecule has 4 rings (SSSR count). The van der Waals surface area contributed by atoms with Gasteiger partial charge in [-0.25, -0.2) is 0 Å². The van der Waals surface area contributed by atoms with Crippen LogP contribution in [0.4, 0.5) is 5.69 Å². The summed E-state index contributed by atoms with van der Waals surface area (Å²) in [5.41, 5.74) is 4.17. The molecule has 6 heteroatoms. The zero-order chi connectivity index (χ0) is 24.8. The van der Waals surface area contributed by atoms with Crippen LogP contribution in [0.2, 0.25) is 0 Å². The van der Waals surface area contributed by atoms with Crippen LogP contribution in [0.1, 0.15) is 11.1 Å². The summed E-state index contributed by atoms with van der Waals surface area (Å²) in [4.78, 5) is 15.8. The van der Waals surface area contributed by atoms with Crippen molar-refractivity contribution in [1.82, 2.24) is 0 Å². The molecule has 180 valence electrons. The number of piperidine rings is 1. The number of benzene rings is 3. The van der Waals surface area contributed by atoms with Crippen LogP contribution in [0.15, 0.2) is 77.9 Å². The van der Waals surface area contributed by atoms with Gasteiger partial charge < -0.3 is 23.8 Å². The molecule has 6 nitrogen and oxygen atoms in total. The van der Waals surface area contributed by atoms with E-state index in [1.165, 1.54) is 0 Å². The molecule has 0 aromatic heterocycles. The van der Waals surface area contributed by atoms with Gasteiger partial charge in [-0.2, -0.15) is 0 Å². The van der Waals surface area contributed by atoms with E-state index in [0.29, 0.717) is 47.2 Å². The number of ether oxygens (including phenoxy) is 4. The van der Waals surface area contributed by atoms with E-state index in [1.54, 1.807) is 28.4 Å². The van der Waals surface area contributed by atoms with Gasteiger partial charge in [-0.3, -0.25) is 4.79 Å². The minimum absolute atomic E-state index is 0.0155. The number of Topliss-reactive ketones (excluding diaryl/α,β-unsaturated/α-hetero) is 1. The summed E-state index contributed by atoms with van der Waals surface area (Å²) in [5, 5.41) is 0. The first-order chi connectivity index (χ1) is 17.1. The van der Waals surface area contributed by atoms with E-state index in [2.05, 4.69) is 17.0 Å². The summed E-state index contributed by atoms with van der Waals surface area (Å²) in [6.45, 7) is 1.00. The molecular weight excluding hydrogens is 442 g/mol. The van der Waals surface area contributed by atoms with Crippen LogP contribution in [0.5, 0.6) is 23.0 Å². The summed E-state index contributed by atoms with van der Waals surface area (Å²) in [5.74, 6) is 2.54. The minimum Gasteiger partial charge on any atom is -0.493 e. The lowest BCUT2D eigenvalue weighted by molar-refractivity contribution is -0.112. The predicted molar refractivity (Wildman–Crippen MR) is 139 cm³/mol. The van der Waals surface area contributed by atoms with Crippen molar-refractivity contribution in [2.24, 2.45) is 0 Å². The molecule has 1 saturated heterocycles. The van der Waals surface area contributed by atoms with Gasteiger partial charge in [0.05, 0.1) is 28.4 Å². The van der Waals surface area contributed by atoms with Gasteiger partial charge in [-0.05, 0) is 59.7 Å². The Labute approximate surface area is 206 Å². The molecule has 0 amide bonds. The third-order valence-corrected chi connectivity index (χ3v) is 5.92. The second kappa shape index (κ2) is 10.8. The Morgan fingerprint density at radius 1 is 0.629 bits per heavy atom. The number of hydrogen-bond acceptors (Lipinski definition) is 6. The van der Waals surface area contributed by atoms with Crippen LogP contribution in [0.3, 0.4) is 0 Å². The van der Waals surface area contributed by atoms with Gasteiger partial charge in [0.2, 0.25) is 0 Å². The highest BCUT2D eigenvalue weighted by Gasteiger charge is 2.26. The fourth-order valence-corrected chi connectivity index (χ4v) is 4.15. The standard InChI is InChI=1S/C29H29NO5/c1-32-25-12-10-20(16-27(25)34-3)14-22-18-30(24-8-6-5-7-9-24)19-23(29(22)31)15-21-11-13-26(33-2)28(17-21)35-4/h5-17H,18-19H2,1-4H3/b22-14-,23-15+. The number of rotatable bonds is 7. The van der Waals surface area contributed by atoms with Gasteiger partial charge in [-0.15, -0.1) is 0 Å². The summed E-state index contributed by atoms with van der Waals surface area (Å²) in [6.07, 6.45) is 3.84. The van der Waals surface area contributed by atoms with Crippen LogP contribution < -0.4 is 23.8 Å². The van der Waals surface area contributed by atoms with Crippen LogP contribution >= 0.6 is 0 Å². The van der Waals surface area contributed by atoms with Crippen molar-refractivity contribution in [3.63, 3.8) is 0 Å². The van der Waals surface area contributed by atoms with Crippen molar-refractivity contribution in [3.05, 3.63) is 89.0 Å². The summed E-state index contributed by atoms with van der Waals surface area (Å²) in [7, 11) is 6.40. The molecule has 35 heavy (non-hydrogen) atoms. The Kier molecular flexibility index (Phi) is 7.41. The average Bonchev–Trinajstić information content (AvgIpc) is 2.91. The first-order valence-corrected chi connectivity index (χ1v) is 11.3.